The molecule has 0 spiro atoms. The zero-order chi connectivity index (χ0) is 9.14. The van der Waals surface area contributed by atoms with Crippen molar-refractivity contribution in [2.45, 2.75) is 0 Å². The average Bonchev–Trinajstić information content (AvgIpc) is 2.04. The molecule has 64 valence electrons. The van der Waals surface area contributed by atoms with Crippen molar-refractivity contribution in [3.8, 4) is 0 Å². The average molecular weight is 185 g/mol. The number of amides is 1. The zero-order valence-corrected chi connectivity index (χ0v) is 7.67. The Kier molecular flexibility index (Phi) is 2.65. The monoisotopic (exact) mass is 184 g/mol. The third kappa shape index (κ3) is 1.95. The van der Waals surface area contributed by atoms with Gasteiger partial charge in [0.25, 0.3) is 5.91 Å². The molecule has 4 heteroatoms. The zero-order valence-electron chi connectivity index (χ0n) is 6.91. The van der Waals surface area contributed by atoms with Crippen LogP contribution in [0.5, 0.6) is 0 Å². The molecule has 0 unspecified atom stereocenters. The molecular formula is C8H9ClN2O. The first-order valence-electron chi connectivity index (χ1n) is 3.44. The van der Waals surface area contributed by atoms with Crippen molar-refractivity contribution < 1.29 is 4.79 Å². The molecule has 0 aromatic carbocycles. The summed E-state index contributed by atoms with van der Waals surface area (Å²) in [6.07, 6.45) is 1.46. The smallest absolute Gasteiger partial charge is 0.271 e. The number of rotatable bonds is 1. The Balaban J connectivity index is 2.90. The molecule has 1 aromatic heterocycles. The van der Waals surface area contributed by atoms with Gasteiger partial charge in [-0.05, 0) is 12.1 Å². The van der Waals surface area contributed by atoms with Crippen LogP contribution in [-0.2, 0) is 0 Å². The summed E-state index contributed by atoms with van der Waals surface area (Å²) in [5.74, 6) is -0.119. The normalized spacial score (nSPS) is 9.58. The Morgan fingerprint density at radius 3 is 2.58 bits per heavy atom. The highest BCUT2D eigenvalue weighted by molar-refractivity contribution is 6.30. The Morgan fingerprint density at radius 1 is 1.50 bits per heavy atom. The highest BCUT2D eigenvalue weighted by Gasteiger charge is 2.07. The highest BCUT2D eigenvalue weighted by Crippen LogP contribution is 2.06. The molecule has 0 fully saturated rings. The van der Waals surface area contributed by atoms with Gasteiger partial charge in [0.1, 0.15) is 5.69 Å². The topological polar surface area (TPSA) is 33.2 Å². The van der Waals surface area contributed by atoms with E-state index in [-0.39, 0.29) is 5.91 Å². The first kappa shape index (κ1) is 9.00. The summed E-state index contributed by atoms with van der Waals surface area (Å²) < 4.78 is 0. The Labute approximate surface area is 76.0 Å². The van der Waals surface area contributed by atoms with E-state index in [9.17, 15) is 4.79 Å². The quantitative estimate of drug-likeness (QED) is 0.662. The predicted octanol–water partition coefficient (Wildman–Crippen LogP) is 1.44. The summed E-state index contributed by atoms with van der Waals surface area (Å²) in [6.45, 7) is 0. The molecule has 0 bridgehead atoms. The van der Waals surface area contributed by atoms with Crippen LogP contribution in [0.15, 0.2) is 18.3 Å². The van der Waals surface area contributed by atoms with Gasteiger partial charge in [0.15, 0.2) is 0 Å². The summed E-state index contributed by atoms with van der Waals surface area (Å²) in [4.78, 5) is 16.6. The maximum Gasteiger partial charge on any atom is 0.271 e. The van der Waals surface area contributed by atoms with E-state index in [1.807, 2.05) is 0 Å². The van der Waals surface area contributed by atoms with E-state index in [0.717, 1.165) is 0 Å². The van der Waals surface area contributed by atoms with Gasteiger partial charge in [0, 0.05) is 20.3 Å². The Bertz CT molecular complexity index is 282. The van der Waals surface area contributed by atoms with Crippen molar-refractivity contribution >= 4 is 17.5 Å². The number of carbonyl (C=O) groups is 1. The van der Waals surface area contributed by atoms with Crippen LogP contribution in [-0.4, -0.2) is 29.9 Å². The van der Waals surface area contributed by atoms with Crippen LogP contribution in [0.25, 0.3) is 0 Å². The maximum atomic E-state index is 11.3. The minimum Gasteiger partial charge on any atom is -0.343 e. The van der Waals surface area contributed by atoms with Crippen LogP contribution in [0.3, 0.4) is 0 Å². The van der Waals surface area contributed by atoms with Crippen molar-refractivity contribution in [3.63, 3.8) is 0 Å². The molecule has 1 heterocycles. The van der Waals surface area contributed by atoms with Crippen LogP contribution in [0.2, 0.25) is 5.02 Å². The van der Waals surface area contributed by atoms with E-state index in [1.165, 1.54) is 11.1 Å². The van der Waals surface area contributed by atoms with Gasteiger partial charge < -0.3 is 4.90 Å². The lowest BCUT2D eigenvalue weighted by Crippen LogP contribution is -2.22. The van der Waals surface area contributed by atoms with Crippen molar-refractivity contribution in [3.05, 3.63) is 29.0 Å². The number of carbonyl (C=O) groups excluding carboxylic acids is 1. The van der Waals surface area contributed by atoms with Crippen LogP contribution in [0, 0.1) is 0 Å². The lowest BCUT2D eigenvalue weighted by Gasteiger charge is -2.08. The Hall–Kier alpha value is -1.09. The number of hydrogen-bond acceptors (Lipinski definition) is 2. The molecule has 0 N–H and O–H groups in total. The van der Waals surface area contributed by atoms with Gasteiger partial charge in [-0.1, -0.05) is 11.6 Å². The van der Waals surface area contributed by atoms with Crippen LogP contribution in [0.4, 0.5) is 0 Å². The van der Waals surface area contributed by atoms with E-state index in [1.54, 1.807) is 26.2 Å². The molecule has 3 nitrogen and oxygen atoms in total. The van der Waals surface area contributed by atoms with Crippen molar-refractivity contribution in [2.24, 2.45) is 0 Å². The highest BCUT2D eigenvalue weighted by atomic mass is 35.5. The lowest BCUT2D eigenvalue weighted by molar-refractivity contribution is 0.0822. The molecule has 0 aliphatic heterocycles. The van der Waals surface area contributed by atoms with Crippen LogP contribution >= 0.6 is 11.6 Å². The number of halogens is 1. The van der Waals surface area contributed by atoms with Gasteiger partial charge in [-0.25, -0.2) is 4.98 Å². The first-order chi connectivity index (χ1) is 5.61. The lowest BCUT2D eigenvalue weighted by atomic mass is 10.3. The van der Waals surface area contributed by atoms with Crippen molar-refractivity contribution in [1.82, 2.24) is 9.88 Å². The first-order valence-corrected chi connectivity index (χ1v) is 3.82. The molecule has 0 radical (unpaired) electrons. The van der Waals surface area contributed by atoms with E-state index in [2.05, 4.69) is 4.98 Å². The van der Waals surface area contributed by atoms with E-state index < -0.39 is 0 Å². The molecule has 0 atom stereocenters. The van der Waals surface area contributed by atoms with Crippen molar-refractivity contribution in [1.29, 1.82) is 0 Å². The second-order valence-electron chi connectivity index (χ2n) is 2.56. The fourth-order valence-electron chi connectivity index (χ4n) is 0.731. The van der Waals surface area contributed by atoms with Gasteiger partial charge in [0.2, 0.25) is 0 Å². The SMILES string of the molecule is CN(C)C(=O)c1ccc(Cl)cn1. The summed E-state index contributed by atoms with van der Waals surface area (Å²) in [7, 11) is 3.36. The standard InChI is InChI=1S/C8H9ClN2O/c1-11(2)8(12)7-4-3-6(9)5-10-7/h3-5H,1-2H3. The predicted molar refractivity (Wildman–Crippen MR) is 47.3 cm³/mol. The number of aromatic nitrogens is 1. The number of hydrogen-bond donors (Lipinski definition) is 0. The second-order valence-corrected chi connectivity index (χ2v) is 3.00. The molecule has 0 aliphatic carbocycles. The third-order valence-corrected chi connectivity index (χ3v) is 1.58. The summed E-state index contributed by atoms with van der Waals surface area (Å²) in [5.41, 5.74) is 0.407. The Morgan fingerprint density at radius 2 is 2.17 bits per heavy atom. The minimum atomic E-state index is -0.119. The summed E-state index contributed by atoms with van der Waals surface area (Å²) in [6, 6.07) is 3.25. The van der Waals surface area contributed by atoms with E-state index >= 15 is 0 Å². The van der Waals surface area contributed by atoms with Crippen LogP contribution in [0.1, 0.15) is 10.5 Å². The second kappa shape index (κ2) is 3.54. The van der Waals surface area contributed by atoms with Crippen molar-refractivity contribution in [2.75, 3.05) is 14.1 Å². The molecule has 12 heavy (non-hydrogen) atoms. The van der Waals surface area contributed by atoms with Gasteiger partial charge in [-0.3, -0.25) is 4.79 Å². The largest absolute Gasteiger partial charge is 0.343 e. The van der Waals surface area contributed by atoms with Gasteiger partial charge in [-0.15, -0.1) is 0 Å². The summed E-state index contributed by atoms with van der Waals surface area (Å²) >= 11 is 5.61. The molecular weight excluding hydrogens is 176 g/mol. The summed E-state index contributed by atoms with van der Waals surface area (Å²) in [5, 5.41) is 0.533. The van der Waals surface area contributed by atoms with E-state index in [0.29, 0.717) is 10.7 Å². The molecule has 1 aromatic rings. The van der Waals surface area contributed by atoms with Gasteiger partial charge >= 0.3 is 0 Å². The van der Waals surface area contributed by atoms with Gasteiger partial charge in [-0.2, -0.15) is 0 Å². The third-order valence-electron chi connectivity index (χ3n) is 1.35. The molecule has 1 amide bonds. The maximum absolute atomic E-state index is 11.3. The molecule has 1 rings (SSSR count). The van der Waals surface area contributed by atoms with Crippen LogP contribution < -0.4 is 0 Å². The van der Waals surface area contributed by atoms with Gasteiger partial charge in [0.05, 0.1) is 5.02 Å². The molecule has 0 aliphatic rings. The van der Waals surface area contributed by atoms with E-state index in [4.69, 9.17) is 11.6 Å². The number of nitrogens with zero attached hydrogens (tertiary/aromatic N) is 2. The molecule has 0 saturated heterocycles. The number of pyridine rings is 1. The fourth-order valence-corrected chi connectivity index (χ4v) is 0.843. The molecule has 0 saturated carbocycles. The fraction of sp³-hybridized carbons (Fsp3) is 0.250. The minimum absolute atomic E-state index is 0.119.